The lowest BCUT2D eigenvalue weighted by Crippen LogP contribution is -2.60. The summed E-state index contributed by atoms with van der Waals surface area (Å²) in [6, 6.07) is 0. The summed E-state index contributed by atoms with van der Waals surface area (Å²) >= 11 is 0. The van der Waals surface area contributed by atoms with Gasteiger partial charge in [-0.25, -0.2) is 0 Å². The maximum atomic E-state index is 5.72. The lowest BCUT2D eigenvalue weighted by atomic mass is 9.46. The van der Waals surface area contributed by atoms with Gasteiger partial charge in [0.25, 0.3) is 0 Å². The van der Waals surface area contributed by atoms with Crippen LogP contribution in [0.25, 0.3) is 0 Å². The van der Waals surface area contributed by atoms with Gasteiger partial charge in [-0.1, -0.05) is 6.42 Å². The van der Waals surface area contributed by atoms with Crippen LogP contribution in [0.5, 0.6) is 0 Å². The average Bonchev–Trinajstić information content (AvgIpc) is 2.40. The van der Waals surface area contributed by atoms with E-state index in [2.05, 4.69) is 6.92 Å². The zero-order valence-corrected chi connectivity index (χ0v) is 7.83. The molecular weight excluding hydrogens is 148 g/mol. The molecule has 3 saturated carbocycles. The third kappa shape index (κ3) is 0.736. The Kier molecular flexibility index (Phi) is 1.52. The van der Waals surface area contributed by atoms with Crippen LogP contribution in [0.4, 0.5) is 0 Å². The van der Waals surface area contributed by atoms with E-state index in [0.717, 1.165) is 30.3 Å². The molecule has 1 heteroatoms. The van der Waals surface area contributed by atoms with Gasteiger partial charge in [-0.15, -0.1) is 0 Å². The number of ether oxygens (including phenoxy) is 1. The smallest absolute Gasteiger partial charge is 0.0611 e. The van der Waals surface area contributed by atoms with Gasteiger partial charge in [0.05, 0.1) is 6.10 Å². The summed E-state index contributed by atoms with van der Waals surface area (Å²) in [6.07, 6.45) is 6.60. The average molecular weight is 166 g/mol. The van der Waals surface area contributed by atoms with Crippen molar-refractivity contribution in [3.8, 4) is 0 Å². The predicted molar refractivity (Wildman–Crippen MR) is 47.8 cm³/mol. The minimum absolute atomic E-state index is 0.666. The van der Waals surface area contributed by atoms with Gasteiger partial charge in [-0.05, 0) is 49.9 Å². The first-order valence-electron chi connectivity index (χ1n) is 5.53. The number of hydrogen-bond acceptors (Lipinski definition) is 1. The Morgan fingerprint density at radius 2 is 2.00 bits per heavy atom. The minimum atomic E-state index is 0.666. The van der Waals surface area contributed by atoms with E-state index in [0.29, 0.717) is 6.10 Å². The summed E-state index contributed by atoms with van der Waals surface area (Å²) in [5.74, 6) is 4.30. The fourth-order valence-electron chi connectivity index (χ4n) is 3.99. The van der Waals surface area contributed by atoms with Crippen LogP contribution in [0.1, 0.15) is 32.6 Å². The van der Waals surface area contributed by atoms with Gasteiger partial charge in [-0.3, -0.25) is 0 Å². The van der Waals surface area contributed by atoms with Crippen LogP contribution >= 0.6 is 0 Å². The molecule has 0 aromatic carbocycles. The van der Waals surface area contributed by atoms with Crippen molar-refractivity contribution >= 4 is 0 Å². The lowest BCUT2D eigenvalue weighted by molar-refractivity contribution is -0.197. The van der Waals surface area contributed by atoms with Crippen molar-refractivity contribution in [2.24, 2.45) is 23.7 Å². The normalized spacial score (nSPS) is 55.2. The topological polar surface area (TPSA) is 9.23 Å². The highest BCUT2D eigenvalue weighted by molar-refractivity contribution is 5.10. The first kappa shape index (κ1) is 7.37. The molecule has 0 aromatic rings. The molecule has 3 aliphatic rings. The fourth-order valence-corrected chi connectivity index (χ4v) is 3.99. The van der Waals surface area contributed by atoms with E-state index in [1.165, 1.54) is 25.7 Å². The third-order valence-corrected chi connectivity index (χ3v) is 4.48. The zero-order valence-electron chi connectivity index (χ0n) is 7.83. The molecule has 1 nitrogen and oxygen atoms in total. The summed E-state index contributed by atoms with van der Waals surface area (Å²) in [7, 11) is 0. The van der Waals surface area contributed by atoms with Crippen LogP contribution < -0.4 is 0 Å². The van der Waals surface area contributed by atoms with Gasteiger partial charge < -0.3 is 4.74 Å². The highest BCUT2D eigenvalue weighted by Gasteiger charge is 2.61. The predicted octanol–water partition coefficient (Wildman–Crippen LogP) is 2.46. The molecule has 5 unspecified atom stereocenters. The maximum absolute atomic E-state index is 5.72. The van der Waals surface area contributed by atoms with E-state index >= 15 is 0 Å². The van der Waals surface area contributed by atoms with Crippen molar-refractivity contribution in [1.29, 1.82) is 0 Å². The second-order valence-electron chi connectivity index (χ2n) is 4.73. The van der Waals surface area contributed by atoms with Crippen molar-refractivity contribution in [3.63, 3.8) is 0 Å². The van der Waals surface area contributed by atoms with Crippen molar-refractivity contribution < 1.29 is 4.74 Å². The van der Waals surface area contributed by atoms with Gasteiger partial charge in [0.15, 0.2) is 0 Å². The van der Waals surface area contributed by atoms with Gasteiger partial charge >= 0.3 is 0 Å². The van der Waals surface area contributed by atoms with Crippen LogP contribution in [-0.4, -0.2) is 12.7 Å². The number of fused-ring (bicyclic) bond motifs is 4. The Morgan fingerprint density at radius 1 is 1.17 bits per heavy atom. The Bertz CT molecular complexity index is 189. The van der Waals surface area contributed by atoms with E-state index in [9.17, 15) is 0 Å². The van der Waals surface area contributed by atoms with E-state index in [1.807, 2.05) is 0 Å². The van der Waals surface area contributed by atoms with Gasteiger partial charge in [0.2, 0.25) is 0 Å². The highest BCUT2D eigenvalue weighted by atomic mass is 16.5. The lowest BCUT2D eigenvalue weighted by Gasteiger charge is -2.61. The van der Waals surface area contributed by atoms with E-state index in [4.69, 9.17) is 4.74 Å². The Balaban J connectivity index is 1.64. The number of rotatable bonds is 2. The Labute approximate surface area is 74.5 Å². The second-order valence-corrected chi connectivity index (χ2v) is 4.73. The molecule has 3 fully saturated rings. The summed E-state index contributed by atoms with van der Waals surface area (Å²) in [4.78, 5) is 0. The largest absolute Gasteiger partial charge is 0.378 e. The quantitative estimate of drug-likeness (QED) is 0.612. The van der Waals surface area contributed by atoms with Gasteiger partial charge in [0.1, 0.15) is 0 Å². The summed E-state index contributed by atoms with van der Waals surface area (Å²) < 4.78 is 5.72. The van der Waals surface area contributed by atoms with Gasteiger partial charge in [0, 0.05) is 6.61 Å². The molecule has 68 valence electrons. The van der Waals surface area contributed by atoms with Crippen molar-refractivity contribution in [3.05, 3.63) is 0 Å². The third-order valence-electron chi connectivity index (χ3n) is 4.48. The van der Waals surface area contributed by atoms with Crippen molar-refractivity contribution in [2.75, 3.05) is 6.61 Å². The van der Waals surface area contributed by atoms with Gasteiger partial charge in [-0.2, -0.15) is 0 Å². The number of hydrogen-bond donors (Lipinski definition) is 0. The van der Waals surface area contributed by atoms with Crippen LogP contribution in [0.2, 0.25) is 0 Å². The fraction of sp³-hybridized carbons (Fsp3) is 1.00. The van der Waals surface area contributed by atoms with Crippen LogP contribution in [0, 0.1) is 23.7 Å². The summed E-state index contributed by atoms with van der Waals surface area (Å²) in [5.41, 5.74) is 0. The first-order chi connectivity index (χ1) is 5.92. The van der Waals surface area contributed by atoms with Crippen molar-refractivity contribution in [2.45, 2.75) is 38.7 Å². The molecule has 3 aliphatic carbocycles. The first-order valence-corrected chi connectivity index (χ1v) is 5.53. The molecule has 0 aliphatic heterocycles. The molecular formula is C11H18O. The molecule has 0 N–H and O–H groups in total. The Morgan fingerprint density at radius 3 is 2.83 bits per heavy atom. The minimum Gasteiger partial charge on any atom is -0.378 e. The Hall–Kier alpha value is -0.0400. The monoisotopic (exact) mass is 166 g/mol. The standard InChI is InChI=1S/C11H18O/c1-2-12-10-6-9-7-4-3-5-8(7)11(9)10/h7-11H,2-6H2,1H3. The van der Waals surface area contributed by atoms with E-state index < -0.39 is 0 Å². The van der Waals surface area contributed by atoms with Crippen LogP contribution in [-0.2, 0) is 4.74 Å². The van der Waals surface area contributed by atoms with E-state index in [-0.39, 0.29) is 0 Å². The molecule has 0 aromatic heterocycles. The van der Waals surface area contributed by atoms with E-state index in [1.54, 1.807) is 0 Å². The second kappa shape index (κ2) is 2.47. The molecule has 3 rings (SSSR count). The molecule has 0 radical (unpaired) electrons. The zero-order chi connectivity index (χ0) is 8.13. The summed E-state index contributed by atoms with van der Waals surface area (Å²) in [6.45, 7) is 3.05. The highest BCUT2D eigenvalue weighted by Crippen LogP contribution is 2.65. The molecule has 0 bridgehead atoms. The molecule has 0 heterocycles. The summed E-state index contributed by atoms with van der Waals surface area (Å²) in [5, 5.41) is 0. The molecule has 0 amide bonds. The molecule has 12 heavy (non-hydrogen) atoms. The van der Waals surface area contributed by atoms with Crippen molar-refractivity contribution in [1.82, 2.24) is 0 Å². The maximum Gasteiger partial charge on any atom is 0.0611 e. The van der Waals surface area contributed by atoms with Crippen LogP contribution in [0.3, 0.4) is 0 Å². The van der Waals surface area contributed by atoms with Crippen LogP contribution in [0.15, 0.2) is 0 Å². The molecule has 0 spiro atoms. The molecule has 5 atom stereocenters. The molecule has 0 saturated heterocycles. The SMILES string of the molecule is CCOC1CC2C3CCCC3C12.